The smallest absolute Gasteiger partial charge is 0.259 e. The maximum absolute atomic E-state index is 14.0. The lowest BCUT2D eigenvalue weighted by Gasteiger charge is -2.28. The molecule has 0 spiro atoms. The molecule has 2 aromatic carbocycles. The van der Waals surface area contributed by atoms with Crippen LogP contribution in [-0.2, 0) is 0 Å². The molecule has 1 atom stereocenters. The van der Waals surface area contributed by atoms with Crippen LogP contribution in [0.1, 0.15) is 33.4 Å². The SMILES string of the molecule is Cc1noc2nc(-c3ccccc3)cc(C(=O)N(C)C(c3ccccc3)c3ccccn3)c12. The number of amides is 1. The molecule has 5 rings (SSSR count). The first-order chi connectivity index (χ1) is 16.1. The quantitative estimate of drug-likeness (QED) is 0.368. The van der Waals surface area contributed by atoms with Gasteiger partial charge in [0.15, 0.2) is 0 Å². The van der Waals surface area contributed by atoms with Crippen molar-refractivity contribution in [3.8, 4) is 11.3 Å². The normalized spacial score (nSPS) is 11.9. The first kappa shape index (κ1) is 20.6. The van der Waals surface area contributed by atoms with Gasteiger partial charge < -0.3 is 9.42 Å². The zero-order valence-corrected chi connectivity index (χ0v) is 18.3. The fraction of sp³-hybridized carbons (Fsp3) is 0.111. The fourth-order valence-corrected chi connectivity index (χ4v) is 4.09. The van der Waals surface area contributed by atoms with Crippen molar-refractivity contribution < 1.29 is 9.32 Å². The lowest BCUT2D eigenvalue weighted by atomic mass is 9.99. The van der Waals surface area contributed by atoms with Crippen molar-refractivity contribution in [1.29, 1.82) is 0 Å². The monoisotopic (exact) mass is 434 g/mol. The maximum atomic E-state index is 14.0. The lowest BCUT2D eigenvalue weighted by Crippen LogP contribution is -2.32. The molecular weight excluding hydrogens is 412 g/mol. The van der Waals surface area contributed by atoms with E-state index in [9.17, 15) is 4.79 Å². The van der Waals surface area contributed by atoms with Crippen LogP contribution in [0.25, 0.3) is 22.4 Å². The third-order valence-electron chi connectivity index (χ3n) is 5.71. The van der Waals surface area contributed by atoms with Gasteiger partial charge in [0.2, 0.25) is 0 Å². The summed E-state index contributed by atoms with van der Waals surface area (Å²) in [7, 11) is 1.80. The molecule has 0 aliphatic carbocycles. The predicted octanol–water partition coefficient (Wildman–Crippen LogP) is 5.45. The molecule has 3 heterocycles. The minimum absolute atomic E-state index is 0.162. The van der Waals surface area contributed by atoms with E-state index in [-0.39, 0.29) is 11.9 Å². The van der Waals surface area contributed by atoms with Crippen molar-refractivity contribution >= 4 is 17.0 Å². The Morgan fingerprint density at radius 2 is 1.64 bits per heavy atom. The summed E-state index contributed by atoms with van der Waals surface area (Å²) < 4.78 is 5.47. The summed E-state index contributed by atoms with van der Waals surface area (Å²) in [6, 6.07) is 26.8. The van der Waals surface area contributed by atoms with Crippen LogP contribution in [0.5, 0.6) is 0 Å². The van der Waals surface area contributed by atoms with Crippen LogP contribution in [0.3, 0.4) is 0 Å². The highest BCUT2D eigenvalue weighted by Gasteiger charge is 2.28. The van der Waals surface area contributed by atoms with Gasteiger partial charge in [0.1, 0.15) is 0 Å². The van der Waals surface area contributed by atoms with Gasteiger partial charge in [-0.25, -0.2) is 4.98 Å². The van der Waals surface area contributed by atoms with Crippen LogP contribution in [0.2, 0.25) is 0 Å². The highest BCUT2D eigenvalue weighted by atomic mass is 16.5. The largest absolute Gasteiger partial charge is 0.335 e. The summed E-state index contributed by atoms with van der Waals surface area (Å²) in [4.78, 5) is 24.9. The number of pyridine rings is 2. The zero-order chi connectivity index (χ0) is 22.8. The second-order valence-electron chi connectivity index (χ2n) is 7.85. The molecule has 0 aliphatic rings. The van der Waals surface area contributed by atoms with E-state index in [0.29, 0.717) is 28.1 Å². The number of benzene rings is 2. The molecule has 1 amide bonds. The number of hydrogen-bond donors (Lipinski definition) is 0. The van der Waals surface area contributed by atoms with Crippen molar-refractivity contribution in [3.05, 3.63) is 114 Å². The maximum Gasteiger partial charge on any atom is 0.259 e. The average Bonchev–Trinajstić information content (AvgIpc) is 3.25. The van der Waals surface area contributed by atoms with Gasteiger partial charge in [0.25, 0.3) is 11.6 Å². The highest BCUT2D eigenvalue weighted by molar-refractivity contribution is 6.07. The predicted molar refractivity (Wildman–Crippen MR) is 127 cm³/mol. The molecule has 0 N–H and O–H groups in total. The van der Waals surface area contributed by atoms with E-state index < -0.39 is 0 Å². The molecule has 1 unspecified atom stereocenters. The Morgan fingerprint density at radius 3 is 2.33 bits per heavy atom. The minimum atomic E-state index is -0.358. The lowest BCUT2D eigenvalue weighted by molar-refractivity contribution is 0.0754. The molecule has 0 aliphatic heterocycles. The van der Waals surface area contributed by atoms with Gasteiger partial charge >= 0.3 is 0 Å². The summed E-state index contributed by atoms with van der Waals surface area (Å²) in [5.41, 5.74) is 4.79. The van der Waals surface area contributed by atoms with Gasteiger partial charge in [0.05, 0.1) is 34.1 Å². The van der Waals surface area contributed by atoms with E-state index in [4.69, 9.17) is 4.52 Å². The molecule has 6 heteroatoms. The topological polar surface area (TPSA) is 72.1 Å². The van der Waals surface area contributed by atoms with Crippen LogP contribution < -0.4 is 0 Å². The molecule has 33 heavy (non-hydrogen) atoms. The number of carbonyl (C=O) groups excluding carboxylic acids is 1. The fourth-order valence-electron chi connectivity index (χ4n) is 4.09. The molecule has 0 radical (unpaired) electrons. The van der Waals surface area contributed by atoms with Gasteiger partial charge in [-0.2, -0.15) is 0 Å². The first-order valence-electron chi connectivity index (χ1n) is 10.7. The Morgan fingerprint density at radius 1 is 0.939 bits per heavy atom. The van der Waals surface area contributed by atoms with Crippen molar-refractivity contribution in [2.45, 2.75) is 13.0 Å². The van der Waals surface area contributed by atoms with Crippen LogP contribution in [0, 0.1) is 6.92 Å². The van der Waals surface area contributed by atoms with Crippen LogP contribution >= 0.6 is 0 Å². The highest BCUT2D eigenvalue weighted by Crippen LogP contribution is 2.32. The number of aromatic nitrogens is 3. The second-order valence-corrected chi connectivity index (χ2v) is 7.85. The molecular formula is C27H22N4O2. The number of nitrogens with zero attached hydrogens (tertiary/aromatic N) is 4. The molecule has 6 nitrogen and oxygen atoms in total. The van der Waals surface area contributed by atoms with Crippen LogP contribution in [-0.4, -0.2) is 33.0 Å². The number of fused-ring (bicyclic) bond motifs is 1. The van der Waals surface area contributed by atoms with Gasteiger partial charge in [-0.15, -0.1) is 0 Å². The van der Waals surface area contributed by atoms with Gasteiger partial charge in [-0.05, 0) is 30.7 Å². The van der Waals surface area contributed by atoms with E-state index in [2.05, 4.69) is 15.1 Å². The van der Waals surface area contributed by atoms with E-state index in [1.165, 1.54) is 0 Å². The Hall–Kier alpha value is -4.32. The molecule has 0 fully saturated rings. The number of aryl methyl sites for hydroxylation is 1. The van der Waals surface area contributed by atoms with Gasteiger partial charge in [-0.1, -0.05) is 71.9 Å². The third kappa shape index (κ3) is 3.87. The van der Waals surface area contributed by atoms with Crippen molar-refractivity contribution in [3.63, 3.8) is 0 Å². The molecule has 0 bridgehead atoms. The zero-order valence-electron chi connectivity index (χ0n) is 18.3. The average molecular weight is 434 g/mol. The van der Waals surface area contributed by atoms with Gasteiger partial charge in [-0.3, -0.25) is 9.78 Å². The summed E-state index contributed by atoms with van der Waals surface area (Å²) in [6.45, 7) is 1.82. The van der Waals surface area contributed by atoms with Crippen LogP contribution in [0.15, 0.2) is 95.6 Å². The Balaban J connectivity index is 1.65. The standard InChI is InChI=1S/C27H22N4O2/c1-18-24-21(17-23(29-26(24)33-30-18)19-11-5-3-6-12-19)27(32)31(2)25(20-13-7-4-8-14-20)22-15-9-10-16-28-22/h3-17,25H,1-2H3. The van der Waals surface area contributed by atoms with Crippen LogP contribution in [0.4, 0.5) is 0 Å². The Labute approximate surface area is 191 Å². The minimum Gasteiger partial charge on any atom is -0.335 e. The number of carbonyl (C=O) groups is 1. The van der Waals surface area contributed by atoms with E-state index in [0.717, 1.165) is 16.8 Å². The summed E-state index contributed by atoms with van der Waals surface area (Å²) in [5.74, 6) is -0.162. The summed E-state index contributed by atoms with van der Waals surface area (Å²) in [5, 5.41) is 4.70. The Kier molecular flexibility index (Phi) is 5.40. The first-order valence-corrected chi connectivity index (χ1v) is 10.7. The molecule has 0 saturated carbocycles. The molecule has 5 aromatic rings. The molecule has 162 valence electrons. The second kappa shape index (κ2) is 8.67. The van der Waals surface area contributed by atoms with E-state index >= 15 is 0 Å². The van der Waals surface area contributed by atoms with E-state index in [1.54, 1.807) is 18.1 Å². The molecule has 0 saturated heterocycles. The third-order valence-corrected chi connectivity index (χ3v) is 5.71. The number of rotatable bonds is 5. The van der Waals surface area contributed by atoms with Crippen molar-refractivity contribution in [2.75, 3.05) is 7.05 Å². The van der Waals surface area contributed by atoms with Crippen molar-refractivity contribution in [2.24, 2.45) is 0 Å². The summed E-state index contributed by atoms with van der Waals surface area (Å²) in [6.07, 6.45) is 1.74. The Bertz CT molecular complexity index is 1360. The van der Waals surface area contributed by atoms with Crippen molar-refractivity contribution in [1.82, 2.24) is 20.0 Å². The van der Waals surface area contributed by atoms with Gasteiger partial charge in [0, 0.05) is 18.8 Å². The number of hydrogen-bond acceptors (Lipinski definition) is 5. The molecule has 3 aromatic heterocycles. The summed E-state index contributed by atoms with van der Waals surface area (Å²) >= 11 is 0. The van der Waals surface area contributed by atoms with E-state index in [1.807, 2.05) is 91.9 Å².